The summed E-state index contributed by atoms with van der Waals surface area (Å²) in [5.41, 5.74) is 5.48. The van der Waals surface area contributed by atoms with Crippen LogP contribution in [0.2, 0.25) is 0 Å². The first kappa shape index (κ1) is 36.2. The van der Waals surface area contributed by atoms with Crippen LogP contribution in [-0.2, 0) is 28.6 Å². The fraction of sp³-hybridized carbons (Fsp3) is 0.484. The van der Waals surface area contributed by atoms with Crippen LogP contribution in [0.5, 0.6) is 0 Å². The maximum atomic E-state index is 12.9. The third-order valence-corrected chi connectivity index (χ3v) is 6.30. The van der Waals surface area contributed by atoms with Crippen LogP contribution in [0.1, 0.15) is 60.8 Å². The van der Waals surface area contributed by atoms with Gasteiger partial charge in [-0.25, -0.2) is 9.59 Å². The SMILES string of the molecule is COC1=CC[C@@H]([C@@H](C)/C=C(C)/C=C\C=C\C(=O)N[C@H](C(=O)N/C=C\C[C@H](C/C=C(\C)Cl)OC(N)=O)C(C)(C)C)OC1=O. The standard InChI is InChI=1S/C31H44ClN3O7/c1-20(19-21(2)24-16-17-25(40-7)29(38)42-24)11-8-9-13-26(36)35-27(31(4,5)6)28(37)34-18-10-12-23(41-30(33)39)15-14-22(3)32/h8-11,13-14,17-19,21,23-24,27H,12,15-16H2,1-7H3,(H2,33,39)(H,34,37)(H,35,36)/b11-8-,13-9+,18-10-,20-19+,22-14+/t21-,23+,24-,27+/m0/s1. The second-order valence-electron chi connectivity index (χ2n) is 11.0. The summed E-state index contributed by atoms with van der Waals surface area (Å²) in [6.07, 6.45) is 14.5. The highest BCUT2D eigenvalue weighted by atomic mass is 35.5. The highest BCUT2D eigenvalue weighted by molar-refractivity contribution is 6.29. The lowest BCUT2D eigenvalue weighted by atomic mass is 9.86. The molecule has 0 spiro atoms. The van der Waals surface area contributed by atoms with Crippen molar-refractivity contribution in [1.82, 2.24) is 10.6 Å². The molecule has 0 aliphatic carbocycles. The zero-order valence-electron chi connectivity index (χ0n) is 25.4. The van der Waals surface area contributed by atoms with E-state index in [4.69, 9.17) is 31.5 Å². The number of primary amides is 1. The Hall–Kier alpha value is -3.79. The average molecular weight is 606 g/mol. The van der Waals surface area contributed by atoms with Gasteiger partial charge in [0, 0.05) is 36.3 Å². The molecule has 0 fully saturated rings. The summed E-state index contributed by atoms with van der Waals surface area (Å²) in [6, 6.07) is -0.823. The minimum Gasteiger partial charge on any atom is -0.490 e. The van der Waals surface area contributed by atoms with E-state index in [1.54, 1.807) is 37.3 Å². The molecule has 0 aromatic rings. The highest BCUT2D eigenvalue weighted by Gasteiger charge is 2.32. The van der Waals surface area contributed by atoms with Crippen molar-refractivity contribution in [3.05, 3.63) is 71.2 Å². The quantitative estimate of drug-likeness (QED) is 0.142. The highest BCUT2D eigenvalue weighted by Crippen LogP contribution is 2.23. The predicted octanol–water partition coefficient (Wildman–Crippen LogP) is 5.07. The van der Waals surface area contributed by atoms with Crippen molar-refractivity contribution < 1.29 is 33.4 Å². The number of rotatable bonds is 14. The van der Waals surface area contributed by atoms with Gasteiger partial charge < -0.3 is 30.6 Å². The van der Waals surface area contributed by atoms with Gasteiger partial charge in [0.25, 0.3) is 0 Å². The van der Waals surface area contributed by atoms with Gasteiger partial charge in [0.2, 0.25) is 11.8 Å². The molecule has 1 heterocycles. The van der Waals surface area contributed by atoms with Crippen molar-refractivity contribution in [3.63, 3.8) is 0 Å². The summed E-state index contributed by atoms with van der Waals surface area (Å²) < 4.78 is 15.5. The van der Waals surface area contributed by atoms with E-state index in [9.17, 15) is 19.2 Å². The van der Waals surface area contributed by atoms with E-state index in [1.807, 2.05) is 46.8 Å². The summed E-state index contributed by atoms with van der Waals surface area (Å²) in [4.78, 5) is 48.5. The molecule has 4 N–H and O–H groups in total. The van der Waals surface area contributed by atoms with Crippen LogP contribution < -0.4 is 16.4 Å². The first-order valence-electron chi connectivity index (χ1n) is 13.7. The van der Waals surface area contributed by atoms with Gasteiger partial charge in [0.15, 0.2) is 5.76 Å². The van der Waals surface area contributed by atoms with E-state index in [0.29, 0.717) is 24.3 Å². The number of hydrogen-bond acceptors (Lipinski definition) is 7. The number of methoxy groups -OCH3 is 1. The molecule has 3 amide bonds. The molecule has 0 unspecified atom stereocenters. The lowest BCUT2D eigenvalue weighted by molar-refractivity contribution is -0.151. The van der Waals surface area contributed by atoms with E-state index >= 15 is 0 Å². The number of halogens is 1. The first-order chi connectivity index (χ1) is 19.6. The monoisotopic (exact) mass is 605 g/mol. The largest absolute Gasteiger partial charge is 0.490 e. The average Bonchev–Trinajstić information content (AvgIpc) is 2.89. The number of esters is 1. The second-order valence-corrected chi connectivity index (χ2v) is 11.6. The van der Waals surface area contributed by atoms with Crippen LogP contribution in [0.15, 0.2) is 71.2 Å². The van der Waals surface area contributed by atoms with Crippen molar-refractivity contribution >= 4 is 35.5 Å². The van der Waals surface area contributed by atoms with Crippen molar-refractivity contribution in [1.29, 1.82) is 0 Å². The van der Waals surface area contributed by atoms with Crippen molar-refractivity contribution in [2.75, 3.05) is 7.11 Å². The minimum atomic E-state index is -0.900. The van der Waals surface area contributed by atoms with E-state index in [-0.39, 0.29) is 17.8 Å². The molecule has 0 aromatic carbocycles. The van der Waals surface area contributed by atoms with E-state index in [0.717, 1.165) is 5.57 Å². The normalized spacial score (nSPS) is 18.8. The van der Waals surface area contributed by atoms with Crippen LogP contribution in [0.25, 0.3) is 0 Å². The number of ether oxygens (including phenoxy) is 3. The van der Waals surface area contributed by atoms with Crippen LogP contribution in [0.4, 0.5) is 4.79 Å². The van der Waals surface area contributed by atoms with Gasteiger partial charge in [0.1, 0.15) is 18.2 Å². The topological polar surface area (TPSA) is 146 Å². The number of allylic oxidation sites excluding steroid dienone is 5. The summed E-state index contributed by atoms with van der Waals surface area (Å²) in [5.74, 6) is -1.10. The molecular formula is C31H44ClN3O7. The molecule has 11 heteroatoms. The molecule has 0 saturated heterocycles. The molecule has 0 aromatic heterocycles. The van der Waals surface area contributed by atoms with Gasteiger partial charge in [0.05, 0.1) is 7.11 Å². The summed E-state index contributed by atoms with van der Waals surface area (Å²) in [6.45, 7) is 11.1. The molecule has 1 aliphatic heterocycles. The molecule has 0 saturated carbocycles. The van der Waals surface area contributed by atoms with E-state index < -0.39 is 41.4 Å². The predicted molar refractivity (Wildman–Crippen MR) is 163 cm³/mol. The van der Waals surface area contributed by atoms with Crippen LogP contribution >= 0.6 is 11.6 Å². The number of carbonyl (C=O) groups is 4. The molecule has 0 radical (unpaired) electrons. The van der Waals surface area contributed by atoms with Gasteiger partial charge in [-0.2, -0.15) is 0 Å². The Labute approximate surface area is 253 Å². The van der Waals surface area contributed by atoms with Gasteiger partial charge >= 0.3 is 12.1 Å². The maximum absolute atomic E-state index is 12.9. The smallest absolute Gasteiger partial charge is 0.404 e. The first-order valence-corrected chi connectivity index (χ1v) is 14.0. The maximum Gasteiger partial charge on any atom is 0.404 e. The molecule has 4 atom stereocenters. The Kier molecular flexibility index (Phi) is 15.4. The third kappa shape index (κ3) is 14.2. The Morgan fingerprint density at radius 3 is 2.43 bits per heavy atom. The van der Waals surface area contributed by atoms with E-state index in [1.165, 1.54) is 19.4 Å². The number of hydrogen-bond donors (Lipinski definition) is 3. The van der Waals surface area contributed by atoms with Gasteiger partial charge in [-0.3, -0.25) is 9.59 Å². The zero-order valence-corrected chi connectivity index (χ0v) is 26.2. The molecular weight excluding hydrogens is 562 g/mol. The van der Waals surface area contributed by atoms with Gasteiger partial charge in [-0.05, 0) is 31.5 Å². The van der Waals surface area contributed by atoms with E-state index in [2.05, 4.69) is 10.6 Å². The Morgan fingerprint density at radius 2 is 1.86 bits per heavy atom. The molecule has 1 aliphatic rings. The Balaban J connectivity index is 2.70. The van der Waals surface area contributed by atoms with Crippen LogP contribution in [-0.4, -0.2) is 49.2 Å². The van der Waals surface area contributed by atoms with Crippen molar-refractivity contribution in [3.8, 4) is 0 Å². The molecule has 1 rings (SSSR count). The van der Waals surface area contributed by atoms with Crippen LogP contribution in [0.3, 0.4) is 0 Å². The lowest BCUT2D eigenvalue weighted by Crippen LogP contribution is -2.52. The summed E-state index contributed by atoms with van der Waals surface area (Å²) in [5, 5.41) is 5.98. The Morgan fingerprint density at radius 1 is 1.19 bits per heavy atom. The number of cyclic esters (lactones) is 1. The van der Waals surface area contributed by atoms with Crippen molar-refractivity contribution in [2.24, 2.45) is 17.1 Å². The molecule has 0 bridgehead atoms. The molecule has 10 nitrogen and oxygen atoms in total. The summed E-state index contributed by atoms with van der Waals surface area (Å²) >= 11 is 5.84. The van der Waals surface area contributed by atoms with Gasteiger partial charge in [-0.15, -0.1) is 0 Å². The van der Waals surface area contributed by atoms with Crippen LogP contribution in [0, 0.1) is 11.3 Å². The third-order valence-electron chi connectivity index (χ3n) is 6.15. The minimum absolute atomic E-state index is 0.0196. The Bertz CT molecular complexity index is 1140. The number of amides is 3. The second kappa shape index (κ2) is 17.9. The lowest BCUT2D eigenvalue weighted by Gasteiger charge is -2.29. The molecule has 42 heavy (non-hydrogen) atoms. The number of nitrogens with two attached hydrogens (primary N) is 1. The molecule has 232 valence electrons. The number of carbonyl (C=O) groups excluding carboxylic acids is 4. The fourth-order valence-electron chi connectivity index (χ4n) is 3.93. The van der Waals surface area contributed by atoms with Crippen molar-refractivity contribution in [2.45, 2.75) is 79.1 Å². The number of nitrogens with one attached hydrogen (secondary N) is 2. The zero-order chi connectivity index (χ0) is 31.9. The summed E-state index contributed by atoms with van der Waals surface area (Å²) in [7, 11) is 1.43. The van der Waals surface area contributed by atoms with Gasteiger partial charge in [-0.1, -0.05) is 81.3 Å². The fourth-order valence-corrected chi connectivity index (χ4v) is 4.02.